The maximum Gasteiger partial charge on any atom is 0.178 e. The molecule has 28 heavy (non-hydrogen) atoms. The first kappa shape index (κ1) is 22.2. The minimum absolute atomic E-state index is 0.0335. The zero-order chi connectivity index (χ0) is 21.0. The SMILES string of the molecule is CCON=C(CC)C1=C(O)CC(c2c(C)cc(C)c(C(=O)CCl)c2C)CC1=O. The number of aryl methyl sites for hydroxylation is 2. The molecule has 0 radical (unpaired) electrons. The average Bonchev–Trinajstić information content (AvgIpc) is 2.63. The van der Waals surface area contributed by atoms with Crippen molar-refractivity contribution in [3.05, 3.63) is 45.2 Å². The van der Waals surface area contributed by atoms with E-state index in [4.69, 9.17) is 16.4 Å². The Morgan fingerprint density at radius 1 is 1.25 bits per heavy atom. The van der Waals surface area contributed by atoms with E-state index in [9.17, 15) is 14.7 Å². The van der Waals surface area contributed by atoms with Crippen LogP contribution >= 0.6 is 11.6 Å². The first-order chi connectivity index (χ1) is 13.3. The van der Waals surface area contributed by atoms with Gasteiger partial charge in [-0.1, -0.05) is 18.1 Å². The summed E-state index contributed by atoms with van der Waals surface area (Å²) >= 11 is 5.79. The lowest BCUT2D eigenvalue weighted by atomic mass is 9.76. The summed E-state index contributed by atoms with van der Waals surface area (Å²) in [6.45, 7) is 9.83. The molecule has 0 fully saturated rings. The normalized spacial score (nSPS) is 17.9. The fraction of sp³-hybridized carbons (Fsp3) is 0.500. The number of aliphatic hydroxyl groups excluding tert-OH is 1. The van der Waals surface area contributed by atoms with E-state index < -0.39 is 0 Å². The van der Waals surface area contributed by atoms with Gasteiger partial charge in [-0.2, -0.15) is 0 Å². The molecular weight excluding hydrogens is 378 g/mol. The molecule has 1 aliphatic rings. The molecule has 1 unspecified atom stereocenters. The first-order valence-electron chi connectivity index (χ1n) is 9.60. The van der Waals surface area contributed by atoms with E-state index in [1.54, 1.807) is 0 Å². The molecule has 0 saturated carbocycles. The summed E-state index contributed by atoms with van der Waals surface area (Å²) < 4.78 is 0. The second-order valence-electron chi connectivity index (χ2n) is 7.14. The van der Waals surface area contributed by atoms with Crippen LogP contribution < -0.4 is 0 Å². The van der Waals surface area contributed by atoms with Crippen LogP contribution in [0, 0.1) is 20.8 Å². The number of aliphatic hydroxyl groups is 1. The zero-order valence-corrected chi connectivity index (χ0v) is 17.9. The van der Waals surface area contributed by atoms with E-state index in [1.807, 2.05) is 40.7 Å². The Labute approximate surface area is 171 Å². The van der Waals surface area contributed by atoms with Gasteiger partial charge in [-0.05, 0) is 62.3 Å². The fourth-order valence-electron chi connectivity index (χ4n) is 4.18. The van der Waals surface area contributed by atoms with E-state index in [2.05, 4.69) is 5.16 Å². The van der Waals surface area contributed by atoms with Crippen molar-refractivity contribution in [1.82, 2.24) is 0 Å². The highest BCUT2D eigenvalue weighted by molar-refractivity contribution is 6.31. The highest BCUT2D eigenvalue weighted by Gasteiger charge is 2.33. The second-order valence-corrected chi connectivity index (χ2v) is 7.41. The lowest BCUT2D eigenvalue weighted by Crippen LogP contribution is -2.25. The van der Waals surface area contributed by atoms with Crippen LogP contribution in [0.5, 0.6) is 0 Å². The average molecular weight is 406 g/mol. The summed E-state index contributed by atoms with van der Waals surface area (Å²) in [6.07, 6.45) is 1.07. The van der Waals surface area contributed by atoms with E-state index in [-0.39, 0.29) is 41.1 Å². The molecule has 1 aromatic carbocycles. The van der Waals surface area contributed by atoms with Gasteiger partial charge in [0.05, 0.1) is 17.2 Å². The summed E-state index contributed by atoms with van der Waals surface area (Å²) in [6, 6.07) is 1.96. The second kappa shape index (κ2) is 9.37. The number of carbonyl (C=O) groups excluding carboxylic acids is 2. The lowest BCUT2D eigenvalue weighted by Gasteiger charge is -2.28. The van der Waals surface area contributed by atoms with Crippen LogP contribution in [0.1, 0.15) is 71.6 Å². The van der Waals surface area contributed by atoms with Gasteiger partial charge < -0.3 is 9.94 Å². The molecule has 1 atom stereocenters. The van der Waals surface area contributed by atoms with E-state index in [1.165, 1.54) is 0 Å². The summed E-state index contributed by atoms with van der Waals surface area (Å²) in [7, 11) is 0. The van der Waals surface area contributed by atoms with Crippen LogP contribution in [0.2, 0.25) is 0 Å². The molecule has 1 N–H and O–H groups in total. The first-order valence-corrected chi connectivity index (χ1v) is 10.1. The summed E-state index contributed by atoms with van der Waals surface area (Å²) in [5.41, 5.74) is 5.03. The number of benzene rings is 1. The molecule has 2 rings (SSSR count). The Kier molecular flexibility index (Phi) is 7.41. The highest BCUT2D eigenvalue weighted by atomic mass is 35.5. The van der Waals surface area contributed by atoms with Crippen molar-refractivity contribution in [2.75, 3.05) is 12.5 Å². The van der Waals surface area contributed by atoms with Crippen molar-refractivity contribution >= 4 is 28.9 Å². The largest absolute Gasteiger partial charge is 0.511 e. The van der Waals surface area contributed by atoms with Gasteiger partial charge in [0.15, 0.2) is 11.6 Å². The third-order valence-corrected chi connectivity index (χ3v) is 5.45. The van der Waals surface area contributed by atoms with Crippen molar-refractivity contribution in [2.24, 2.45) is 5.16 Å². The van der Waals surface area contributed by atoms with E-state index in [0.29, 0.717) is 30.7 Å². The highest BCUT2D eigenvalue weighted by Crippen LogP contribution is 2.39. The number of ketones is 2. The maximum atomic E-state index is 12.9. The van der Waals surface area contributed by atoms with Crippen molar-refractivity contribution in [1.29, 1.82) is 0 Å². The number of rotatable bonds is 7. The molecule has 0 saturated heterocycles. The predicted molar refractivity (Wildman–Crippen MR) is 112 cm³/mol. The molecule has 0 aliphatic heterocycles. The third kappa shape index (κ3) is 4.30. The standard InChI is InChI=1S/C22H28ClNO4/c1-6-16(24-28-7-2)22-17(25)9-15(10-18(22)26)20-12(3)8-13(4)21(14(20)5)19(27)11-23/h8,15,25H,6-7,9-11H2,1-5H3. The molecule has 152 valence electrons. The molecule has 0 aromatic heterocycles. The van der Waals surface area contributed by atoms with Crippen LogP contribution in [-0.4, -0.2) is 34.9 Å². The quantitative estimate of drug-likeness (QED) is 0.296. The Morgan fingerprint density at radius 3 is 2.46 bits per heavy atom. The van der Waals surface area contributed by atoms with Crippen molar-refractivity contribution in [2.45, 2.75) is 59.8 Å². The van der Waals surface area contributed by atoms with Crippen molar-refractivity contribution < 1.29 is 19.5 Å². The summed E-state index contributed by atoms with van der Waals surface area (Å²) in [4.78, 5) is 30.3. The molecule has 0 bridgehead atoms. The van der Waals surface area contributed by atoms with Crippen LogP contribution in [0.4, 0.5) is 0 Å². The van der Waals surface area contributed by atoms with Crippen LogP contribution in [0.15, 0.2) is 22.6 Å². The number of Topliss-reactive ketones (excluding diaryl/α,β-unsaturated/α-hetero) is 2. The monoisotopic (exact) mass is 405 g/mol. The number of nitrogens with zero attached hydrogens (tertiary/aromatic N) is 1. The molecule has 1 aliphatic carbocycles. The van der Waals surface area contributed by atoms with Crippen molar-refractivity contribution in [3.8, 4) is 0 Å². The topological polar surface area (TPSA) is 76.0 Å². The lowest BCUT2D eigenvalue weighted by molar-refractivity contribution is -0.116. The Hall–Kier alpha value is -2.14. The van der Waals surface area contributed by atoms with Gasteiger partial charge >= 0.3 is 0 Å². The molecule has 6 heteroatoms. The summed E-state index contributed by atoms with van der Waals surface area (Å²) in [5, 5.41) is 14.7. The number of hydrogen-bond acceptors (Lipinski definition) is 5. The summed E-state index contributed by atoms with van der Waals surface area (Å²) in [5.74, 6) is -0.525. The number of hydrogen-bond donors (Lipinski definition) is 1. The van der Waals surface area contributed by atoms with Gasteiger partial charge in [0.25, 0.3) is 0 Å². The van der Waals surface area contributed by atoms with Crippen LogP contribution in [0.25, 0.3) is 0 Å². The minimum Gasteiger partial charge on any atom is -0.511 e. The number of carbonyl (C=O) groups is 2. The molecule has 1 aromatic rings. The van der Waals surface area contributed by atoms with Gasteiger partial charge in [-0.25, -0.2) is 0 Å². The number of allylic oxidation sites excluding steroid dienone is 2. The van der Waals surface area contributed by atoms with E-state index in [0.717, 1.165) is 22.3 Å². The molecular formula is C22H28ClNO4. The van der Waals surface area contributed by atoms with Gasteiger partial charge in [0.2, 0.25) is 0 Å². The molecule has 0 spiro atoms. The van der Waals surface area contributed by atoms with Crippen molar-refractivity contribution in [3.63, 3.8) is 0 Å². The number of halogens is 1. The number of alkyl halides is 1. The van der Waals surface area contributed by atoms with Crippen LogP contribution in [0.3, 0.4) is 0 Å². The Balaban J connectivity index is 2.51. The molecule has 0 amide bonds. The third-order valence-electron chi connectivity index (χ3n) is 5.21. The van der Waals surface area contributed by atoms with E-state index >= 15 is 0 Å². The molecule has 0 heterocycles. The predicted octanol–water partition coefficient (Wildman–Crippen LogP) is 5.09. The minimum atomic E-state index is -0.191. The van der Waals surface area contributed by atoms with Gasteiger partial charge in [-0.3, -0.25) is 9.59 Å². The van der Waals surface area contributed by atoms with Gasteiger partial charge in [-0.15, -0.1) is 11.6 Å². The molecule has 5 nitrogen and oxygen atoms in total. The Bertz CT molecular complexity index is 855. The smallest absolute Gasteiger partial charge is 0.178 e. The van der Waals surface area contributed by atoms with Crippen LogP contribution in [-0.2, 0) is 9.63 Å². The van der Waals surface area contributed by atoms with Gasteiger partial charge in [0.1, 0.15) is 12.4 Å². The Morgan fingerprint density at radius 2 is 1.93 bits per heavy atom. The van der Waals surface area contributed by atoms with Gasteiger partial charge in [0, 0.05) is 18.4 Å². The fourth-order valence-corrected chi connectivity index (χ4v) is 4.31. The maximum absolute atomic E-state index is 12.9. The zero-order valence-electron chi connectivity index (χ0n) is 17.2. The number of oxime groups is 1.